The Morgan fingerprint density at radius 1 is 1.10 bits per heavy atom. The maximum atomic E-state index is 13.4. The molecule has 0 saturated carbocycles. The number of hydrazone groups is 1. The molecule has 1 aromatic heterocycles. The third kappa shape index (κ3) is 3.37. The number of carbonyl (C=O) groups is 1. The number of aromatic amines is 1. The molecule has 0 spiro atoms. The molecule has 1 aliphatic heterocycles. The van der Waals surface area contributed by atoms with Crippen LogP contribution < -0.4 is 0 Å². The van der Waals surface area contributed by atoms with Crippen LogP contribution in [0.15, 0.2) is 77.9 Å². The predicted octanol–water partition coefficient (Wildman–Crippen LogP) is 5.83. The summed E-state index contributed by atoms with van der Waals surface area (Å²) in [7, 11) is 0. The molecular weight excluding hydrogens is 410 g/mol. The zero-order chi connectivity index (χ0) is 21.5. The van der Waals surface area contributed by atoms with Crippen LogP contribution in [0.1, 0.15) is 39.6 Å². The van der Waals surface area contributed by atoms with Crippen LogP contribution >= 0.6 is 11.6 Å². The lowest BCUT2D eigenvalue weighted by molar-refractivity contribution is 0.0708. The van der Waals surface area contributed by atoms with Gasteiger partial charge in [-0.1, -0.05) is 54.1 Å². The van der Waals surface area contributed by atoms with Gasteiger partial charge in [-0.25, -0.2) is 5.01 Å². The lowest BCUT2D eigenvalue weighted by atomic mass is 9.96. The highest BCUT2D eigenvalue weighted by Gasteiger charge is 2.35. The van der Waals surface area contributed by atoms with Gasteiger partial charge in [0.1, 0.15) is 5.75 Å². The molecule has 4 aromatic rings. The second-order valence-corrected chi connectivity index (χ2v) is 8.10. The molecule has 5 nitrogen and oxygen atoms in total. The van der Waals surface area contributed by atoms with Crippen molar-refractivity contribution in [1.29, 1.82) is 0 Å². The number of aromatic nitrogens is 1. The van der Waals surface area contributed by atoms with Crippen LogP contribution in [-0.2, 0) is 0 Å². The Morgan fingerprint density at radius 3 is 2.68 bits per heavy atom. The van der Waals surface area contributed by atoms with Crippen molar-refractivity contribution in [3.63, 3.8) is 0 Å². The van der Waals surface area contributed by atoms with E-state index >= 15 is 0 Å². The first kappa shape index (κ1) is 19.4. The minimum Gasteiger partial charge on any atom is -0.507 e. The Morgan fingerprint density at radius 2 is 1.87 bits per heavy atom. The van der Waals surface area contributed by atoms with E-state index in [4.69, 9.17) is 16.7 Å². The van der Waals surface area contributed by atoms with Crippen LogP contribution in [0.4, 0.5) is 0 Å². The fraction of sp³-hybridized carbons (Fsp3) is 0.120. The van der Waals surface area contributed by atoms with Gasteiger partial charge in [-0.2, -0.15) is 5.10 Å². The largest absolute Gasteiger partial charge is 0.507 e. The predicted molar refractivity (Wildman–Crippen MR) is 123 cm³/mol. The molecule has 1 unspecified atom stereocenters. The van der Waals surface area contributed by atoms with Crippen molar-refractivity contribution < 1.29 is 9.90 Å². The van der Waals surface area contributed by atoms with Gasteiger partial charge in [0.2, 0.25) is 0 Å². The summed E-state index contributed by atoms with van der Waals surface area (Å²) in [5.41, 5.74) is 4.98. The summed E-state index contributed by atoms with van der Waals surface area (Å²) >= 11 is 6.25. The molecular formula is C25H20ClN3O2. The van der Waals surface area contributed by atoms with E-state index in [9.17, 15) is 9.90 Å². The van der Waals surface area contributed by atoms with Crippen LogP contribution in [0.2, 0.25) is 5.02 Å². The SMILES string of the molecule is Cc1[nH]c2ccccc2c1C1=NN(C(=O)c2ccccc2O)C(c2cccc(Cl)c2)C1. The van der Waals surface area contributed by atoms with E-state index < -0.39 is 0 Å². The summed E-state index contributed by atoms with van der Waals surface area (Å²) in [4.78, 5) is 16.8. The van der Waals surface area contributed by atoms with E-state index in [2.05, 4.69) is 11.1 Å². The molecule has 2 N–H and O–H groups in total. The van der Waals surface area contributed by atoms with Gasteiger partial charge in [0.05, 0.1) is 17.3 Å². The molecule has 1 aliphatic rings. The van der Waals surface area contributed by atoms with E-state index in [-0.39, 0.29) is 23.3 Å². The third-order valence-electron chi connectivity index (χ3n) is 5.67. The minimum absolute atomic E-state index is 0.0655. The number of amides is 1. The van der Waals surface area contributed by atoms with E-state index in [0.29, 0.717) is 11.4 Å². The molecule has 0 fully saturated rings. The molecule has 3 aromatic carbocycles. The highest BCUT2D eigenvalue weighted by molar-refractivity contribution is 6.30. The van der Waals surface area contributed by atoms with Crippen molar-refractivity contribution in [3.8, 4) is 5.75 Å². The van der Waals surface area contributed by atoms with Crippen LogP contribution in [0.5, 0.6) is 5.75 Å². The van der Waals surface area contributed by atoms with Gasteiger partial charge in [0.25, 0.3) is 5.91 Å². The average Bonchev–Trinajstić information content (AvgIpc) is 3.34. The summed E-state index contributed by atoms with van der Waals surface area (Å²) in [5.74, 6) is -0.417. The van der Waals surface area contributed by atoms with Crippen LogP contribution in [0, 0.1) is 6.92 Å². The van der Waals surface area contributed by atoms with Gasteiger partial charge < -0.3 is 10.1 Å². The van der Waals surface area contributed by atoms with Gasteiger partial charge in [0, 0.05) is 33.6 Å². The standard InChI is InChI=1S/C25H20ClN3O2/c1-15-24(18-9-2-4-11-20(18)27-15)21-14-22(16-7-6-8-17(26)13-16)29(28-21)25(31)19-10-3-5-12-23(19)30/h2-13,22,27,30H,14H2,1H3. The molecule has 154 valence electrons. The quantitative estimate of drug-likeness (QED) is 0.430. The number of aromatic hydroxyl groups is 1. The number of para-hydroxylation sites is 2. The van der Waals surface area contributed by atoms with E-state index in [1.807, 2.05) is 43.3 Å². The van der Waals surface area contributed by atoms with Gasteiger partial charge in [0.15, 0.2) is 0 Å². The number of hydrogen-bond donors (Lipinski definition) is 2. The second kappa shape index (κ2) is 7.60. The van der Waals surface area contributed by atoms with Gasteiger partial charge in [-0.15, -0.1) is 0 Å². The number of fused-ring (bicyclic) bond motifs is 1. The highest BCUT2D eigenvalue weighted by atomic mass is 35.5. The van der Waals surface area contributed by atoms with Crippen molar-refractivity contribution >= 4 is 34.1 Å². The van der Waals surface area contributed by atoms with Crippen LogP contribution in [0.3, 0.4) is 0 Å². The summed E-state index contributed by atoms with van der Waals surface area (Å²) in [5, 5.41) is 18.2. The first-order chi connectivity index (χ1) is 15.0. The molecule has 31 heavy (non-hydrogen) atoms. The first-order valence-electron chi connectivity index (χ1n) is 10.0. The Labute approximate surface area is 184 Å². The number of rotatable bonds is 3. The van der Waals surface area contributed by atoms with Crippen LogP contribution in [-0.4, -0.2) is 26.7 Å². The number of carbonyl (C=O) groups excluding carboxylic acids is 1. The molecule has 5 rings (SSSR count). The van der Waals surface area contributed by atoms with E-state index in [0.717, 1.165) is 33.4 Å². The monoisotopic (exact) mass is 429 g/mol. The number of aryl methyl sites for hydroxylation is 1. The number of benzene rings is 3. The summed E-state index contributed by atoms with van der Waals surface area (Å²) in [6.07, 6.45) is 0.544. The van der Waals surface area contributed by atoms with Gasteiger partial charge >= 0.3 is 0 Å². The number of phenols is 1. The van der Waals surface area contributed by atoms with Crippen molar-refractivity contribution in [2.45, 2.75) is 19.4 Å². The van der Waals surface area contributed by atoms with Crippen molar-refractivity contribution in [2.75, 3.05) is 0 Å². The van der Waals surface area contributed by atoms with Gasteiger partial charge in [-0.3, -0.25) is 4.79 Å². The Bertz CT molecular complexity index is 1340. The molecule has 1 amide bonds. The molecule has 0 bridgehead atoms. The number of phenolic OH excluding ortho intramolecular Hbond substituents is 1. The van der Waals surface area contributed by atoms with Crippen molar-refractivity contribution in [3.05, 3.63) is 100 Å². The Kier molecular flexibility index (Phi) is 4.75. The maximum absolute atomic E-state index is 13.4. The maximum Gasteiger partial charge on any atom is 0.278 e. The molecule has 0 radical (unpaired) electrons. The zero-order valence-electron chi connectivity index (χ0n) is 16.8. The van der Waals surface area contributed by atoms with Crippen molar-refractivity contribution in [1.82, 2.24) is 9.99 Å². The number of hydrogen-bond acceptors (Lipinski definition) is 3. The van der Waals surface area contributed by atoms with Crippen LogP contribution in [0.25, 0.3) is 10.9 Å². The smallest absolute Gasteiger partial charge is 0.278 e. The Hall–Kier alpha value is -3.57. The second-order valence-electron chi connectivity index (χ2n) is 7.66. The molecule has 6 heteroatoms. The lowest BCUT2D eigenvalue weighted by Crippen LogP contribution is -2.27. The first-order valence-corrected chi connectivity index (χ1v) is 10.4. The summed E-state index contributed by atoms with van der Waals surface area (Å²) < 4.78 is 0. The fourth-order valence-corrected chi connectivity index (χ4v) is 4.45. The Balaban J connectivity index is 1.64. The minimum atomic E-state index is -0.351. The number of nitrogens with one attached hydrogen (secondary N) is 1. The van der Waals surface area contributed by atoms with E-state index in [1.165, 1.54) is 11.1 Å². The number of halogens is 1. The summed E-state index contributed by atoms with van der Waals surface area (Å²) in [6.45, 7) is 2.01. The average molecular weight is 430 g/mol. The zero-order valence-corrected chi connectivity index (χ0v) is 17.6. The third-order valence-corrected chi connectivity index (χ3v) is 5.90. The molecule has 1 atom stereocenters. The van der Waals surface area contributed by atoms with E-state index in [1.54, 1.807) is 24.3 Å². The van der Waals surface area contributed by atoms with Gasteiger partial charge in [-0.05, 0) is 42.8 Å². The molecule has 0 aliphatic carbocycles. The number of H-pyrrole nitrogens is 1. The highest BCUT2D eigenvalue weighted by Crippen LogP contribution is 2.38. The molecule has 0 saturated heterocycles. The topological polar surface area (TPSA) is 68.7 Å². The van der Waals surface area contributed by atoms with Crippen molar-refractivity contribution in [2.24, 2.45) is 5.10 Å². The normalized spacial score (nSPS) is 16.0. The number of nitrogens with zero attached hydrogens (tertiary/aromatic N) is 2. The lowest BCUT2D eigenvalue weighted by Gasteiger charge is -2.22. The summed E-state index contributed by atoms with van der Waals surface area (Å²) in [6, 6.07) is 21.8. The molecule has 2 heterocycles. The fourth-order valence-electron chi connectivity index (χ4n) is 4.25.